The summed E-state index contributed by atoms with van der Waals surface area (Å²) >= 11 is 0. The van der Waals surface area contributed by atoms with Gasteiger partial charge in [0.1, 0.15) is 0 Å². The van der Waals surface area contributed by atoms with E-state index < -0.39 is 0 Å². The average molecular weight is 287 g/mol. The first-order valence-electron chi connectivity index (χ1n) is 8.27. The lowest BCUT2D eigenvalue weighted by atomic mass is 10.00. The molecular weight excluding hydrogens is 258 g/mol. The molecule has 2 aromatic rings. The molecule has 1 unspecified atom stereocenters. The van der Waals surface area contributed by atoms with Gasteiger partial charge in [-0.2, -0.15) is 5.10 Å². The predicted octanol–water partition coefficient (Wildman–Crippen LogP) is 3.87. The van der Waals surface area contributed by atoms with Crippen molar-refractivity contribution in [1.29, 1.82) is 0 Å². The van der Waals surface area contributed by atoms with Gasteiger partial charge in [0, 0.05) is 11.9 Å². The molecule has 0 aliphatic rings. The summed E-state index contributed by atoms with van der Waals surface area (Å²) in [7, 11) is 0. The van der Waals surface area contributed by atoms with Gasteiger partial charge >= 0.3 is 0 Å². The molecule has 2 rings (SSSR count). The van der Waals surface area contributed by atoms with Crippen LogP contribution in [0.5, 0.6) is 0 Å². The topological polar surface area (TPSA) is 29.9 Å². The van der Waals surface area contributed by atoms with Crippen molar-refractivity contribution < 1.29 is 0 Å². The van der Waals surface area contributed by atoms with Crippen molar-refractivity contribution in [1.82, 2.24) is 15.1 Å². The van der Waals surface area contributed by atoms with Crippen LogP contribution in [0.15, 0.2) is 24.3 Å². The third-order valence-electron chi connectivity index (χ3n) is 3.94. The number of hydrogen-bond acceptors (Lipinski definition) is 2. The number of nitrogens with one attached hydrogen (secondary N) is 1. The molecule has 1 atom stereocenters. The molecule has 0 spiro atoms. The Hall–Kier alpha value is -1.35. The first kappa shape index (κ1) is 16.0. The molecule has 0 aliphatic carbocycles. The van der Waals surface area contributed by atoms with Crippen molar-refractivity contribution in [2.45, 2.75) is 47.1 Å². The van der Waals surface area contributed by atoms with Crippen LogP contribution in [0, 0.1) is 11.8 Å². The van der Waals surface area contributed by atoms with E-state index in [0.717, 1.165) is 32.0 Å². The molecule has 116 valence electrons. The minimum absolute atomic E-state index is 0.660. The predicted molar refractivity (Wildman–Crippen MR) is 90.6 cm³/mol. The third-order valence-corrected chi connectivity index (χ3v) is 3.94. The zero-order chi connectivity index (χ0) is 15.2. The maximum atomic E-state index is 4.80. The van der Waals surface area contributed by atoms with Crippen LogP contribution in [0.1, 0.15) is 39.8 Å². The van der Waals surface area contributed by atoms with E-state index in [2.05, 4.69) is 62.0 Å². The summed E-state index contributed by atoms with van der Waals surface area (Å²) in [5.74, 6) is 1.39. The minimum Gasteiger partial charge on any atom is -0.316 e. The van der Waals surface area contributed by atoms with Crippen LogP contribution in [0.25, 0.3) is 10.9 Å². The van der Waals surface area contributed by atoms with Crippen LogP contribution in [0.4, 0.5) is 0 Å². The molecule has 1 heterocycles. The highest BCUT2D eigenvalue weighted by atomic mass is 15.3. The van der Waals surface area contributed by atoms with Gasteiger partial charge in [-0.1, -0.05) is 39.0 Å². The highest BCUT2D eigenvalue weighted by Gasteiger charge is 2.12. The van der Waals surface area contributed by atoms with Crippen molar-refractivity contribution in [3.05, 3.63) is 30.0 Å². The molecular formula is C18H29N3. The Balaban J connectivity index is 1.96. The Morgan fingerprint density at radius 2 is 1.95 bits per heavy atom. The average Bonchev–Trinajstić information content (AvgIpc) is 2.82. The number of benzene rings is 1. The van der Waals surface area contributed by atoms with Gasteiger partial charge in [0.2, 0.25) is 0 Å². The van der Waals surface area contributed by atoms with E-state index in [0.29, 0.717) is 5.92 Å². The molecule has 0 fully saturated rings. The maximum absolute atomic E-state index is 4.80. The fourth-order valence-corrected chi connectivity index (χ4v) is 2.76. The number of hydrogen-bond donors (Lipinski definition) is 1. The SMILES string of the molecule is CCn1nc(CC(C)CCNCC(C)C)c2ccccc21. The van der Waals surface area contributed by atoms with Gasteiger partial charge in [-0.25, -0.2) is 0 Å². The van der Waals surface area contributed by atoms with Crippen molar-refractivity contribution in [2.24, 2.45) is 11.8 Å². The molecule has 3 nitrogen and oxygen atoms in total. The van der Waals surface area contributed by atoms with Crippen LogP contribution >= 0.6 is 0 Å². The quantitative estimate of drug-likeness (QED) is 0.747. The molecule has 0 bridgehead atoms. The summed E-state index contributed by atoms with van der Waals surface area (Å²) < 4.78 is 2.12. The molecule has 1 aromatic heterocycles. The Morgan fingerprint density at radius 1 is 1.19 bits per heavy atom. The van der Waals surface area contributed by atoms with Gasteiger partial charge in [-0.3, -0.25) is 4.68 Å². The van der Waals surface area contributed by atoms with Crippen molar-refractivity contribution in [3.63, 3.8) is 0 Å². The molecule has 0 aliphatic heterocycles. The lowest BCUT2D eigenvalue weighted by Crippen LogP contribution is -2.22. The first-order chi connectivity index (χ1) is 10.1. The summed E-state index contributed by atoms with van der Waals surface area (Å²) in [5, 5.41) is 9.65. The van der Waals surface area contributed by atoms with Gasteiger partial charge in [0.15, 0.2) is 0 Å². The Morgan fingerprint density at radius 3 is 2.67 bits per heavy atom. The van der Waals surface area contributed by atoms with Crippen molar-refractivity contribution in [3.8, 4) is 0 Å². The van der Waals surface area contributed by atoms with Crippen LogP contribution in [-0.2, 0) is 13.0 Å². The Kier molecular flexibility index (Phi) is 5.80. The number of nitrogens with zero attached hydrogens (tertiary/aromatic N) is 2. The van der Waals surface area contributed by atoms with E-state index >= 15 is 0 Å². The second-order valence-corrected chi connectivity index (χ2v) is 6.48. The van der Waals surface area contributed by atoms with Crippen LogP contribution in [0.3, 0.4) is 0 Å². The number of rotatable bonds is 8. The second-order valence-electron chi connectivity index (χ2n) is 6.48. The van der Waals surface area contributed by atoms with Crippen molar-refractivity contribution >= 4 is 10.9 Å². The number of aryl methyl sites for hydroxylation is 1. The largest absolute Gasteiger partial charge is 0.316 e. The van der Waals surface area contributed by atoms with Gasteiger partial charge in [0.25, 0.3) is 0 Å². The smallest absolute Gasteiger partial charge is 0.0706 e. The summed E-state index contributed by atoms with van der Waals surface area (Å²) in [4.78, 5) is 0. The highest BCUT2D eigenvalue weighted by Crippen LogP contribution is 2.21. The number of para-hydroxylation sites is 1. The maximum Gasteiger partial charge on any atom is 0.0706 e. The zero-order valence-electron chi connectivity index (χ0n) is 13.9. The first-order valence-corrected chi connectivity index (χ1v) is 8.27. The van der Waals surface area contributed by atoms with Gasteiger partial charge < -0.3 is 5.32 Å². The highest BCUT2D eigenvalue weighted by molar-refractivity contribution is 5.81. The monoisotopic (exact) mass is 287 g/mol. The van der Waals surface area contributed by atoms with Gasteiger partial charge in [-0.05, 0) is 50.8 Å². The summed E-state index contributed by atoms with van der Waals surface area (Å²) in [5.41, 5.74) is 2.52. The van der Waals surface area contributed by atoms with Crippen LogP contribution < -0.4 is 5.32 Å². The lowest BCUT2D eigenvalue weighted by Gasteiger charge is -2.12. The van der Waals surface area contributed by atoms with Crippen LogP contribution in [-0.4, -0.2) is 22.9 Å². The summed E-state index contributed by atoms with van der Waals surface area (Å²) in [6.07, 6.45) is 2.27. The molecule has 0 saturated carbocycles. The summed E-state index contributed by atoms with van der Waals surface area (Å²) in [6, 6.07) is 8.58. The molecule has 3 heteroatoms. The molecule has 1 N–H and O–H groups in total. The van der Waals surface area contributed by atoms with E-state index in [1.807, 2.05) is 0 Å². The van der Waals surface area contributed by atoms with E-state index in [1.165, 1.54) is 23.0 Å². The van der Waals surface area contributed by atoms with Gasteiger partial charge in [-0.15, -0.1) is 0 Å². The van der Waals surface area contributed by atoms with E-state index in [4.69, 9.17) is 5.10 Å². The minimum atomic E-state index is 0.660. The molecule has 0 radical (unpaired) electrons. The second kappa shape index (κ2) is 7.60. The van der Waals surface area contributed by atoms with Crippen molar-refractivity contribution in [2.75, 3.05) is 13.1 Å². The number of fused-ring (bicyclic) bond motifs is 1. The fourth-order valence-electron chi connectivity index (χ4n) is 2.76. The molecule has 0 saturated heterocycles. The zero-order valence-corrected chi connectivity index (χ0v) is 13.9. The van der Waals surface area contributed by atoms with E-state index in [9.17, 15) is 0 Å². The van der Waals surface area contributed by atoms with Crippen LogP contribution in [0.2, 0.25) is 0 Å². The summed E-state index contributed by atoms with van der Waals surface area (Å²) in [6.45, 7) is 12.1. The van der Waals surface area contributed by atoms with E-state index in [1.54, 1.807) is 0 Å². The number of aromatic nitrogens is 2. The van der Waals surface area contributed by atoms with Gasteiger partial charge in [0.05, 0.1) is 11.2 Å². The Labute approximate surface area is 128 Å². The Bertz CT molecular complexity index is 557. The molecule has 0 amide bonds. The normalized spacial score (nSPS) is 13.2. The standard InChI is InChI=1S/C18H29N3/c1-5-21-18-9-7-6-8-16(18)17(20-21)12-15(4)10-11-19-13-14(2)3/h6-9,14-15,19H,5,10-13H2,1-4H3. The molecule has 21 heavy (non-hydrogen) atoms. The lowest BCUT2D eigenvalue weighted by molar-refractivity contribution is 0.469. The third kappa shape index (κ3) is 4.31. The van der Waals surface area contributed by atoms with E-state index in [-0.39, 0.29) is 0 Å². The molecule has 1 aromatic carbocycles. The fraction of sp³-hybridized carbons (Fsp3) is 0.611.